The van der Waals surface area contributed by atoms with Gasteiger partial charge in [0.25, 0.3) is 0 Å². The Morgan fingerprint density at radius 1 is 1.20 bits per heavy atom. The van der Waals surface area contributed by atoms with Gasteiger partial charge in [-0.3, -0.25) is 0 Å². The Kier molecular flexibility index (Phi) is 3.29. The van der Waals surface area contributed by atoms with Crippen molar-refractivity contribution in [3.63, 3.8) is 0 Å². The summed E-state index contributed by atoms with van der Waals surface area (Å²) >= 11 is 0. The summed E-state index contributed by atoms with van der Waals surface area (Å²) in [6.45, 7) is 5.12. The normalized spacial score (nSPS) is 18.3. The number of benzene rings is 1. The average molecular weight is 309 g/mol. The fourth-order valence-electron chi connectivity index (χ4n) is 1.87. The van der Waals surface area contributed by atoms with Gasteiger partial charge in [0.05, 0.1) is 5.56 Å². The lowest BCUT2D eigenvalue weighted by Gasteiger charge is -2.26. The summed E-state index contributed by atoms with van der Waals surface area (Å²) in [4.78, 5) is 0. The van der Waals surface area contributed by atoms with Crippen LogP contribution < -0.4 is 8.91 Å². The van der Waals surface area contributed by atoms with E-state index in [0.717, 1.165) is 6.07 Å². The second-order valence-corrected chi connectivity index (χ2v) is 6.98. The molecule has 0 unspecified atom stereocenters. The molecule has 1 aromatic carbocycles. The van der Waals surface area contributed by atoms with E-state index in [-0.39, 0.29) is 12.1 Å². The Bertz CT molecular complexity index is 645. The van der Waals surface area contributed by atoms with E-state index in [1.807, 2.05) is 0 Å². The SMILES string of the molecule is CC(C)(C)c1cc2c(c(C(F)(F)F)c1)OS(=O)(=O)NC2. The van der Waals surface area contributed by atoms with Crippen LogP contribution in [-0.2, 0) is 28.4 Å². The zero-order chi connectivity index (χ0) is 15.3. The zero-order valence-electron chi connectivity index (χ0n) is 11.1. The van der Waals surface area contributed by atoms with Crippen LogP contribution in [0.1, 0.15) is 37.5 Å². The summed E-state index contributed by atoms with van der Waals surface area (Å²) in [5, 5.41) is 0. The molecule has 2 rings (SSSR count). The van der Waals surface area contributed by atoms with Crippen molar-refractivity contribution in [3.8, 4) is 5.75 Å². The fourth-order valence-corrected chi connectivity index (χ4v) is 2.67. The van der Waals surface area contributed by atoms with Gasteiger partial charge in [0.1, 0.15) is 0 Å². The van der Waals surface area contributed by atoms with Crippen molar-refractivity contribution < 1.29 is 25.8 Å². The zero-order valence-corrected chi connectivity index (χ0v) is 11.9. The molecule has 0 fully saturated rings. The fraction of sp³-hybridized carbons (Fsp3) is 0.500. The Morgan fingerprint density at radius 3 is 2.30 bits per heavy atom. The first-order valence-electron chi connectivity index (χ1n) is 5.84. The Hall–Kier alpha value is -1.28. The van der Waals surface area contributed by atoms with E-state index in [9.17, 15) is 21.6 Å². The minimum absolute atomic E-state index is 0.180. The maximum Gasteiger partial charge on any atom is 0.420 e. The van der Waals surface area contributed by atoms with E-state index >= 15 is 0 Å². The van der Waals surface area contributed by atoms with Crippen molar-refractivity contribution >= 4 is 10.3 Å². The van der Waals surface area contributed by atoms with Crippen molar-refractivity contribution in [2.45, 2.75) is 38.9 Å². The lowest BCUT2D eigenvalue weighted by molar-refractivity contribution is -0.138. The number of nitrogens with one attached hydrogen (secondary N) is 1. The molecule has 0 saturated heterocycles. The number of alkyl halides is 3. The summed E-state index contributed by atoms with van der Waals surface area (Å²) in [5.74, 6) is -0.635. The van der Waals surface area contributed by atoms with E-state index in [2.05, 4.69) is 8.91 Å². The highest BCUT2D eigenvalue weighted by molar-refractivity contribution is 7.85. The molecular formula is C12H14F3NO3S. The molecule has 1 aliphatic rings. The van der Waals surface area contributed by atoms with Crippen LogP contribution in [0.4, 0.5) is 13.2 Å². The maximum atomic E-state index is 13.1. The predicted molar refractivity (Wildman–Crippen MR) is 66.5 cm³/mol. The number of halogens is 3. The molecule has 1 aromatic rings. The topological polar surface area (TPSA) is 55.4 Å². The second kappa shape index (κ2) is 4.36. The summed E-state index contributed by atoms with van der Waals surface area (Å²) in [7, 11) is -4.18. The van der Waals surface area contributed by atoms with Crippen molar-refractivity contribution in [3.05, 3.63) is 28.8 Å². The third kappa shape index (κ3) is 2.90. The summed E-state index contributed by atoms with van der Waals surface area (Å²) in [6, 6.07) is 2.48. The number of fused-ring (bicyclic) bond motifs is 1. The van der Waals surface area contributed by atoms with Crippen LogP contribution in [0.2, 0.25) is 0 Å². The van der Waals surface area contributed by atoms with Crippen LogP contribution in [0.5, 0.6) is 5.75 Å². The molecular weight excluding hydrogens is 295 g/mol. The highest BCUT2D eigenvalue weighted by Crippen LogP contribution is 2.42. The number of hydrogen-bond acceptors (Lipinski definition) is 3. The Morgan fingerprint density at radius 2 is 1.80 bits per heavy atom. The predicted octanol–water partition coefficient (Wildman–Crippen LogP) is 2.73. The van der Waals surface area contributed by atoms with Gasteiger partial charge in [-0.1, -0.05) is 26.8 Å². The van der Waals surface area contributed by atoms with E-state index < -0.39 is 33.2 Å². The van der Waals surface area contributed by atoms with Crippen LogP contribution >= 0.6 is 0 Å². The van der Waals surface area contributed by atoms with Crippen molar-refractivity contribution in [2.24, 2.45) is 0 Å². The van der Waals surface area contributed by atoms with Gasteiger partial charge in [0.15, 0.2) is 5.75 Å². The van der Waals surface area contributed by atoms with E-state index in [4.69, 9.17) is 0 Å². The molecule has 1 heterocycles. The van der Waals surface area contributed by atoms with Gasteiger partial charge in [-0.05, 0) is 17.0 Å². The van der Waals surface area contributed by atoms with Crippen molar-refractivity contribution in [1.29, 1.82) is 0 Å². The van der Waals surface area contributed by atoms with Crippen LogP contribution in [0.15, 0.2) is 12.1 Å². The average Bonchev–Trinajstić information content (AvgIpc) is 2.23. The van der Waals surface area contributed by atoms with Gasteiger partial charge in [0, 0.05) is 12.1 Å². The molecule has 0 radical (unpaired) electrons. The third-order valence-electron chi connectivity index (χ3n) is 2.97. The molecule has 112 valence electrons. The minimum Gasteiger partial charge on any atom is -0.370 e. The molecule has 0 spiro atoms. The van der Waals surface area contributed by atoms with Gasteiger partial charge in [-0.2, -0.15) is 26.3 Å². The molecule has 0 aliphatic carbocycles. The molecule has 0 amide bonds. The summed E-state index contributed by atoms with van der Waals surface area (Å²) in [5.41, 5.74) is -0.913. The van der Waals surface area contributed by atoms with Crippen molar-refractivity contribution in [2.75, 3.05) is 0 Å². The standard InChI is InChI=1S/C12H14F3NO3S/c1-11(2,3)8-4-7-6-16-20(17,18)19-10(7)9(5-8)12(13,14)15/h4-5,16H,6H2,1-3H3. The van der Waals surface area contributed by atoms with Crippen LogP contribution in [-0.4, -0.2) is 8.42 Å². The lowest BCUT2D eigenvalue weighted by Crippen LogP contribution is -2.34. The highest BCUT2D eigenvalue weighted by Gasteiger charge is 2.39. The second-order valence-electron chi connectivity index (χ2n) is 5.62. The Labute approximate surface area is 115 Å². The molecule has 0 aromatic heterocycles. The molecule has 1 aliphatic heterocycles. The van der Waals surface area contributed by atoms with Crippen molar-refractivity contribution in [1.82, 2.24) is 4.72 Å². The van der Waals surface area contributed by atoms with E-state index in [1.54, 1.807) is 20.8 Å². The number of hydrogen-bond donors (Lipinski definition) is 1. The van der Waals surface area contributed by atoms with Gasteiger partial charge < -0.3 is 4.18 Å². The molecule has 20 heavy (non-hydrogen) atoms. The highest BCUT2D eigenvalue weighted by atomic mass is 32.2. The monoisotopic (exact) mass is 309 g/mol. The van der Waals surface area contributed by atoms with Gasteiger partial charge in [-0.15, -0.1) is 0 Å². The van der Waals surface area contributed by atoms with E-state index in [1.165, 1.54) is 6.07 Å². The van der Waals surface area contributed by atoms with Crippen LogP contribution in [0.25, 0.3) is 0 Å². The van der Waals surface area contributed by atoms with Crippen LogP contribution in [0, 0.1) is 0 Å². The number of rotatable bonds is 0. The quantitative estimate of drug-likeness (QED) is 0.802. The molecule has 0 atom stereocenters. The maximum absolute atomic E-state index is 13.1. The lowest BCUT2D eigenvalue weighted by atomic mass is 9.84. The first kappa shape index (κ1) is 15.1. The molecule has 0 bridgehead atoms. The largest absolute Gasteiger partial charge is 0.420 e. The summed E-state index contributed by atoms with van der Waals surface area (Å²) in [6.07, 6.45) is -4.68. The van der Waals surface area contributed by atoms with Gasteiger partial charge in [0.2, 0.25) is 0 Å². The first-order valence-corrected chi connectivity index (χ1v) is 7.25. The minimum atomic E-state index is -4.68. The van der Waals surface area contributed by atoms with E-state index in [0.29, 0.717) is 5.56 Å². The van der Waals surface area contributed by atoms with Gasteiger partial charge >= 0.3 is 16.5 Å². The third-order valence-corrected chi connectivity index (χ3v) is 3.85. The van der Waals surface area contributed by atoms with Gasteiger partial charge in [-0.25, -0.2) is 0 Å². The van der Waals surface area contributed by atoms with Crippen LogP contribution in [0.3, 0.4) is 0 Å². The molecule has 0 saturated carbocycles. The first-order chi connectivity index (χ1) is 8.90. The molecule has 1 N–H and O–H groups in total. The summed E-state index contributed by atoms with van der Waals surface area (Å²) < 4.78 is 68.4. The smallest absolute Gasteiger partial charge is 0.370 e. The molecule has 4 nitrogen and oxygen atoms in total. The Balaban J connectivity index is 2.70. The molecule has 8 heteroatoms.